The van der Waals surface area contributed by atoms with Crippen molar-refractivity contribution in [2.75, 3.05) is 33.9 Å². The van der Waals surface area contributed by atoms with Gasteiger partial charge in [-0.3, -0.25) is 4.79 Å². The third-order valence-electron chi connectivity index (χ3n) is 3.81. The molecule has 2 aromatic rings. The van der Waals surface area contributed by atoms with Crippen LogP contribution in [0.25, 0.3) is 0 Å². The predicted octanol–water partition coefficient (Wildman–Crippen LogP) is 3.21. The average molecular weight is 367 g/mol. The summed E-state index contributed by atoms with van der Waals surface area (Å²) >= 11 is 7.87. The SMILES string of the molecule is CN(C)C(CNC(=O)c1cc(Cl)c2c(c1)OCCO2)c1cccs1. The molecule has 1 aromatic carbocycles. The van der Waals surface area contributed by atoms with Crippen molar-refractivity contribution in [3.8, 4) is 11.5 Å². The smallest absolute Gasteiger partial charge is 0.251 e. The number of thiophene rings is 1. The summed E-state index contributed by atoms with van der Waals surface area (Å²) < 4.78 is 11.0. The van der Waals surface area contributed by atoms with E-state index in [1.54, 1.807) is 23.5 Å². The molecule has 0 radical (unpaired) electrons. The third-order valence-corrected chi connectivity index (χ3v) is 5.06. The minimum atomic E-state index is -0.183. The van der Waals surface area contributed by atoms with Crippen molar-refractivity contribution in [3.63, 3.8) is 0 Å². The van der Waals surface area contributed by atoms with Gasteiger partial charge in [-0.15, -0.1) is 11.3 Å². The Kier molecular flexibility index (Phi) is 5.28. The first-order valence-electron chi connectivity index (χ1n) is 7.63. The minimum Gasteiger partial charge on any atom is -0.486 e. The van der Waals surface area contributed by atoms with Gasteiger partial charge < -0.3 is 19.7 Å². The number of hydrogen-bond acceptors (Lipinski definition) is 5. The summed E-state index contributed by atoms with van der Waals surface area (Å²) in [6.45, 7) is 1.43. The molecule has 0 bridgehead atoms. The van der Waals surface area contributed by atoms with Crippen LogP contribution in [0.2, 0.25) is 5.02 Å². The van der Waals surface area contributed by atoms with Crippen LogP contribution < -0.4 is 14.8 Å². The summed E-state index contributed by atoms with van der Waals surface area (Å²) in [7, 11) is 4.00. The van der Waals surface area contributed by atoms with Crippen LogP contribution in [0.5, 0.6) is 11.5 Å². The quantitative estimate of drug-likeness (QED) is 0.882. The molecule has 3 rings (SSSR count). The van der Waals surface area contributed by atoms with E-state index in [0.29, 0.717) is 41.8 Å². The van der Waals surface area contributed by atoms with Crippen LogP contribution in [-0.4, -0.2) is 44.7 Å². The molecule has 1 unspecified atom stereocenters. The molecular weight excluding hydrogens is 348 g/mol. The van der Waals surface area contributed by atoms with E-state index in [2.05, 4.69) is 16.3 Å². The van der Waals surface area contributed by atoms with E-state index >= 15 is 0 Å². The Morgan fingerprint density at radius 3 is 2.88 bits per heavy atom. The van der Waals surface area contributed by atoms with Crippen LogP contribution in [0.15, 0.2) is 29.6 Å². The van der Waals surface area contributed by atoms with Crippen molar-refractivity contribution in [1.82, 2.24) is 10.2 Å². The van der Waals surface area contributed by atoms with Crippen LogP contribution in [0, 0.1) is 0 Å². The maximum atomic E-state index is 12.5. The summed E-state index contributed by atoms with van der Waals surface area (Å²) in [6, 6.07) is 7.49. The number of rotatable bonds is 5. The molecule has 0 fully saturated rings. The first kappa shape index (κ1) is 17.1. The molecule has 2 heterocycles. The number of carbonyl (C=O) groups excluding carboxylic acids is 1. The van der Waals surface area contributed by atoms with Gasteiger partial charge in [0.2, 0.25) is 0 Å². The normalized spacial score (nSPS) is 14.5. The van der Waals surface area contributed by atoms with Gasteiger partial charge in [0.1, 0.15) is 13.2 Å². The molecule has 0 saturated carbocycles. The lowest BCUT2D eigenvalue weighted by Crippen LogP contribution is -2.34. The van der Waals surface area contributed by atoms with Crippen LogP contribution in [0.3, 0.4) is 0 Å². The Balaban J connectivity index is 1.72. The number of nitrogens with zero attached hydrogens (tertiary/aromatic N) is 1. The zero-order valence-electron chi connectivity index (χ0n) is 13.5. The third kappa shape index (κ3) is 3.66. The Labute approximate surface area is 150 Å². The number of halogens is 1. The second-order valence-corrected chi connectivity index (χ2v) is 7.07. The number of likely N-dealkylation sites (N-methyl/N-ethyl adjacent to an activating group) is 1. The molecular formula is C17H19ClN2O3S. The van der Waals surface area contributed by atoms with Crippen LogP contribution in [-0.2, 0) is 0 Å². The Bertz CT molecular complexity index is 719. The van der Waals surface area contributed by atoms with Gasteiger partial charge in [-0.2, -0.15) is 0 Å². The Hall–Kier alpha value is -1.76. The highest BCUT2D eigenvalue weighted by Crippen LogP contribution is 2.38. The molecule has 5 nitrogen and oxygen atoms in total. The van der Waals surface area contributed by atoms with E-state index in [4.69, 9.17) is 21.1 Å². The first-order chi connectivity index (χ1) is 11.6. The largest absolute Gasteiger partial charge is 0.486 e. The lowest BCUT2D eigenvalue weighted by Gasteiger charge is -2.24. The van der Waals surface area contributed by atoms with Gasteiger partial charge in [0.05, 0.1) is 11.1 Å². The van der Waals surface area contributed by atoms with E-state index in [1.807, 2.05) is 25.5 Å². The number of fused-ring (bicyclic) bond motifs is 1. The van der Waals surface area contributed by atoms with Crippen molar-refractivity contribution in [2.24, 2.45) is 0 Å². The van der Waals surface area contributed by atoms with Crippen LogP contribution in [0.1, 0.15) is 21.3 Å². The first-order valence-corrected chi connectivity index (χ1v) is 8.89. The fourth-order valence-electron chi connectivity index (χ4n) is 2.55. The number of amides is 1. The summed E-state index contributed by atoms with van der Waals surface area (Å²) in [4.78, 5) is 15.8. The van der Waals surface area contributed by atoms with Crippen LogP contribution >= 0.6 is 22.9 Å². The molecule has 7 heteroatoms. The molecule has 128 valence electrons. The Morgan fingerprint density at radius 2 is 2.17 bits per heavy atom. The summed E-state index contributed by atoms with van der Waals surface area (Å²) in [5.41, 5.74) is 0.466. The molecule has 1 N–H and O–H groups in total. The second-order valence-electron chi connectivity index (χ2n) is 5.69. The van der Waals surface area contributed by atoms with E-state index in [1.165, 1.54) is 4.88 Å². The summed E-state index contributed by atoms with van der Waals surface area (Å²) in [6.07, 6.45) is 0. The summed E-state index contributed by atoms with van der Waals surface area (Å²) in [5.74, 6) is 0.836. The van der Waals surface area contributed by atoms with Gasteiger partial charge in [-0.25, -0.2) is 0 Å². The van der Waals surface area contributed by atoms with Gasteiger partial charge in [-0.05, 0) is 37.7 Å². The lowest BCUT2D eigenvalue weighted by molar-refractivity contribution is 0.0941. The van der Waals surface area contributed by atoms with Gasteiger partial charge in [0, 0.05) is 17.0 Å². The monoisotopic (exact) mass is 366 g/mol. The highest BCUT2D eigenvalue weighted by molar-refractivity contribution is 7.10. The fraction of sp³-hybridized carbons (Fsp3) is 0.353. The maximum absolute atomic E-state index is 12.5. The van der Waals surface area contributed by atoms with Gasteiger partial charge in [-0.1, -0.05) is 17.7 Å². The highest BCUT2D eigenvalue weighted by Gasteiger charge is 2.21. The molecule has 1 aliphatic heterocycles. The van der Waals surface area contributed by atoms with Crippen molar-refractivity contribution in [1.29, 1.82) is 0 Å². The highest BCUT2D eigenvalue weighted by atomic mass is 35.5. The molecule has 1 atom stereocenters. The second kappa shape index (κ2) is 7.42. The number of ether oxygens (including phenoxy) is 2. The van der Waals surface area contributed by atoms with Gasteiger partial charge in [0.25, 0.3) is 5.91 Å². The zero-order valence-corrected chi connectivity index (χ0v) is 15.1. The predicted molar refractivity (Wildman–Crippen MR) is 95.5 cm³/mol. The molecule has 24 heavy (non-hydrogen) atoms. The topological polar surface area (TPSA) is 50.8 Å². The van der Waals surface area contributed by atoms with E-state index in [9.17, 15) is 4.79 Å². The molecule has 0 spiro atoms. The van der Waals surface area contributed by atoms with Gasteiger partial charge >= 0.3 is 0 Å². The van der Waals surface area contributed by atoms with Gasteiger partial charge in [0.15, 0.2) is 11.5 Å². The van der Waals surface area contributed by atoms with Crippen molar-refractivity contribution >= 4 is 28.8 Å². The summed E-state index contributed by atoms with van der Waals surface area (Å²) in [5, 5.41) is 5.40. The van der Waals surface area contributed by atoms with E-state index < -0.39 is 0 Å². The fourth-order valence-corrected chi connectivity index (χ4v) is 3.74. The lowest BCUT2D eigenvalue weighted by atomic mass is 10.1. The van der Waals surface area contributed by atoms with Crippen molar-refractivity contribution in [2.45, 2.75) is 6.04 Å². The number of benzene rings is 1. The zero-order chi connectivity index (χ0) is 17.1. The molecule has 1 aromatic heterocycles. The van der Waals surface area contributed by atoms with Crippen LogP contribution in [0.4, 0.5) is 0 Å². The van der Waals surface area contributed by atoms with Crippen molar-refractivity contribution < 1.29 is 14.3 Å². The molecule has 0 saturated heterocycles. The minimum absolute atomic E-state index is 0.127. The number of hydrogen-bond donors (Lipinski definition) is 1. The van der Waals surface area contributed by atoms with E-state index in [-0.39, 0.29) is 11.9 Å². The Morgan fingerprint density at radius 1 is 1.38 bits per heavy atom. The van der Waals surface area contributed by atoms with Crippen molar-refractivity contribution in [3.05, 3.63) is 45.1 Å². The average Bonchev–Trinajstić information content (AvgIpc) is 3.08. The molecule has 1 amide bonds. The standard InChI is InChI=1S/C17H19ClN2O3S/c1-20(2)13(15-4-3-7-24-15)10-19-17(21)11-8-12(18)16-14(9-11)22-5-6-23-16/h3-4,7-9,13H,5-6,10H2,1-2H3,(H,19,21). The number of nitrogens with one attached hydrogen (secondary N) is 1. The maximum Gasteiger partial charge on any atom is 0.251 e. The molecule has 1 aliphatic rings. The number of carbonyl (C=O) groups is 1. The van der Waals surface area contributed by atoms with E-state index in [0.717, 1.165) is 0 Å². The molecule has 0 aliphatic carbocycles.